The number of halogens is 2. The largest absolute Gasteiger partial charge is 0.347 e. The third-order valence-electron chi connectivity index (χ3n) is 2.10. The summed E-state index contributed by atoms with van der Waals surface area (Å²) < 4.78 is 0. The molecule has 0 aliphatic heterocycles. The van der Waals surface area contributed by atoms with E-state index in [1.165, 1.54) is 0 Å². The van der Waals surface area contributed by atoms with Gasteiger partial charge in [0.1, 0.15) is 5.01 Å². The van der Waals surface area contributed by atoms with Crippen molar-refractivity contribution in [1.82, 2.24) is 10.3 Å². The molecule has 1 amide bonds. The van der Waals surface area contributed by atoms with Gasteiger partial charge in [0.25, 0.3) is 0 Å². The van der Waals surface area contributed by atoms with Gasteiger partial charge in [-0.25, -0.2) is 4.98 Å². The quantitative estimate of drug-likeness (QED) is 0.847. The van der Waals surface area contributed by atoms with E-state index in [0.717, 1.165) is 17.8 Å². The van der Waals surface area contributed by atoms with E-state index in [2.05, 4.69) is 10.3 Å². The number of carbonyl (C=O) groups excluding carboxylic acids is 1. The zero-order valence-electron chi connectivity index (χ0n) is 9.72. The summed E-state index contributed by atoms with van der Waals surface area (Å²) in [7, 11) is 0. The average Bonchev–Trinajstić information content (AvgIpc) is 2.76. The second kappa shape index (κ2) is 10.8. The van der Waals surface area contributed by atoms with Crippen LogP contribution < -0.4 is 11.1 Å². The molecule has 100 valence electrons. The van der Waals surface area contributed by atoms with Crippen molar-refractivity contribution >= 4 is 42.1 Å². The summed E-state index contributed by atoms with van der Waals surface area (Å²) in [6.45, 7) is 2.59. The third kappa shape index (κ3) is 6.83. The maximum atomic E-state index is 11.5. The molecule has 1 rings (SSSR count). The molecule has 1 atom stereocenters. The zero-order chi connectivity index (χ0) is 11.1. The van der Waals surface area contributed by atoms with E-state index in [-0.39, 0.29) is 36.8 Å². The minimum atomic E-state index is 0. The fraction of sp³-hybridized carbons (Fsp3) is 0.600. The summed E-state index contributed by atoms with van der Waals surface area (Å²) in [5, 5.41) is 5.85. The Morgan fingerprint density at radius 1 is 1.59 bits per heavy atom. The Bertz CT molecular complexity index is 296. The van der Waals surface area contributed by atoms with E-state index >= 15 is 0 Å². The molecule has 1 unspecified atom stereocenters. The maximum Gasteiger partial charge on any atom is 0.220 e. The molecule has 1 aromatic rings. The van der Waals surface area contributed by atoms with Crippen molar-refractivity contribution < 1.29 is 4.79 Å². The van der Waals surface area contributed by atoms with Crippen molar-refractivity contribution in [3.8, 4) is 0 Å². The second-order valence-corrected chi connectivity index (χ2v) is 4.22. The molecule has 0 bridgehead atoms. The fourth-order valence-corrected chi connectivity index (χ4v) is 2.05. The Hall–Kier alpha value is -0.360. The summed E-state index contributed by atoms with van der Waals surface area (Å²) in [5.74, 6) is 0.0579. The molecule has 0 saturated carbocycles. The first kappa shape index (κ1) is 19.0. The molecule has 4 nitrogen and oxygen atoms in total. The Kier molecular flexibility index (Phi) is 12.0. The summed E-state index contributed by atoms with van der Waals surface area (Å²) in [4.78, 5) is 15.7. The van der Waals surface area contributed by atoms with Gasteiger partial charge < -0.3 is 11.1 Å². The van der Waals surface area contributed by atoms with Crippen LogP contribution in [-0.4, -0.2) is 17.4 Å². The van der Waals surface area contributed by atoms with Crippen LogP contribution in [0.4, 0.5) is 0 Å². The SMILES string of the molecule is CCC(NC(=O)CCCN)c1nccs1.Cl.Cl. The number of hydrogen-bond donors (Lipinski definition) is 2. The van der Waals surface area contributed by atoms with Gasteiger partial charge >= 0.3 is 0 Å². The first-order valence-electron chi connectivity index (χ1n) is 5.16. The van der Waals surface area contributed by atoms with Crippen LogP contribution in [0.3, 0.4) is 0 Å². The summed E-state index contributed by atoms with van der Waals surface area (Å²) >= 11 is 1.57. The number of nitrogens with two attached hydrogens (primary N) is 1. The molecular formula is C10H19Cl2N3OS. The monoisotopic (exact) mass is 299 g/mol. The summed E-state index contributed by atoms with van der Waals surface area (Å²) in [6, 6.07) is 0.0512. The molecule has 0 fully saturated rings. The predicted molar refractivity (Wildman–Crippen MR) is 76.1 cm³/mol. The predicted octanol–water partition coefficient (Wildman–Crippen LogP) is 2.29. The second-order valence-electron chi connectivity index (χ2n) is 3.29. The molecule has 1 aromatic heterocycles. The van der Waals surface area contributed by atoms with E-state index < -0.39 is 0 Å². The Balaban J connectivity index is 0. The van der Waals surface area contributed by atoms with Crippen LogP contribution in [0.25, 0.3) is 0 Å². The van der Waals surface area contributed by atoms with Crippen LogP contribution >= 0.6 is 36.2 Å². The smallest absolute Gasteiger partial charge is 0.220 e. The number of nitrogens with one attached hydrogen (secondary N) is 1. The van der Waals surface area contributed by atoms with Gasteiger partial charge in [-0.1, -0.05) is 6.92 Å². The molecule has 0 saturated heterocycles. The van der Waals surface area contributed by atoms with Crippen LogP contribution in [0.2, 0.25) is 0 Å². The van der Waals surface area contributed by atoms with Gasteiger partial charge in [0.15, 0.2) is 0 Å². The zero-order valence-corrected chi connectivity index (χ0v) is 12.2. The van der Waals surface area contributed by atoms with Crippen LogP contribution in [-0.2, 0) is 4.79 Å². The normalized spacial score (nSPS) is 10.9. The highest BCUT2D eigenvalue weighted by Gasteiger charge is 2.14. The van der Waals surface area contributed by atoms with Crippen molar-refractivity contribution in [2.45, 2.75) is 32.2 Å². The highest BCUT2D eigenvalue weighted by atomic mass is 35.5. The highest BCUT2D eigenvalue weighted by molar-refractivity contribution is 7.09. The van der Waals surface area contributed by atoms with Crippen molar-refractivity contribution in [3.05, 3.63) is 16.6 Å². The van der Waals surface area contributed by atoms with E-state index in [1.807, 2.05) is 12.3 Å². The fourth-order valence-electron chi connectivity index (χ4n) is 1.27. The first-order valence-corrected chi connectivity index (χ1v) is 6.04. The molecule has 1 heterocycles. The van der Waals surface area contributed by atoms with E-state index in [1.54, 1.807) is 17.5 Å². The van der Waals surface area contributed by atoms with Crippen LogP contribution in [0.5, 0.6) is 0 Å². The molecular weight excluding hydrogens is 281 g/mol. The average molecular weight is 300 g/mol. The number of thiazole rings is 1. The topological polar surface area (TPSA) is 68.0 Å². The molecule has 0 radical (unpaired) electrons. The lowest BCUT2D eigenvalue weighted by Crippen LogP contribution is -2.28. The minimum absolute atomic E-state index is 0. The lowest BCUT2D eigenvalue weighted by atomic mass is 10.2. The van der Waals surface area contributed by atoms with Crippen LogP contribution in [0, 0.1) is 0 Å². The molecule has 0 aromatic carbocycles. The highest BCUT2D eigenvalue weighted by Crippen LogP contribution is 2.18. The van der Waals surface area contributed by atoms with Gasteiger partial charge in [-0.05, 0) is 19.4 Å². The van der Waals surface area contributed by atoms with Gasteiger partial charge in [-0.2, -0.15) is 0 Å². The van der Waals surface area contributed by atoms with Gasteiger partial charge in [0.2, 0.25) is 5.91 Å². The molecule has 0 aliphatic rings. The Morgan fingerprint density at radius 2 is 2.29 bits per heavy atom. The van der Waals surface area contributed by atoms with Crippen molar-refractivity contribution in [2.75, 3.05) is 6.54 Å². The van der Waals surface area contributed by atoms with Gasteiger partial charge in [0, 0.05) is 18.0 Å². The van der Waals surface area contributed by atoms with E-state index in [9.17, 15) is 4.79 Å². The Labute approximate surface area is 118 Å². The summed E-state index contributed by atoms with van der Waals surface area (Å²) in [5.41, 5.74) is 5.34. The van der Waals surface area contributed by atoms with Crippen molar-refractivity contribution in [2.24, 2.45) is 5.73 Å². The van der Waals surface area contributed by atoms with Crippen LogP contribution in [0.15, 0.2) is 11.6 Å². The molecule has 0 aliphatic carbocycles. The number of nitrogens with zero attached hydrogens (tertiary/aromatic N) is 1. The Morgan fingerprint density at radius 3 is 2.76 bits per heavy atom. The van der Waals surface area contributed by atoms with Crippen molar-refractivity contribution in [3.63, 3.8) is 0 Å². The lowest BCUT2D eigenvalue weighted by Gasteiger charge is -2.13. The van der Waals surface area contributed by atoms with Gasteiger partial charge in [0.05, 0.1) is 6.04 Å². The van der Waals surface area contributed by atoms with Gasteiger partial charge in [-0.3, -0.25) is 4.79 Å². The molecule has 7 heteroatoms. The first-order chi connectivity index (χ1) is 7.27. The van der Waals surface area contributed by atoms with Crippen LogP contribution in [0.1, 0.15) is 37.2 Å². The maximum absolute atomic E-state index is 11.5. The number of aromatic nitrogens is 1. The van der Waals surface area contributed by atoms with E-state index in [4.69, 9.17) is 5.73 Å². The van der Waals surface area contributed by atoms with Gasteiger partial charge in [-0.15, -0.1) is 36.2 Å². The third-order valence-corrected chi connectivity index (χ3v) is 2.99. The standard InChI is InChI=1S/C10H17N3OS.2ClH/c1-2-8(10-12-6-7-15-10)13-9(14)4-3-5-11;;/h6-8H,2-5,11H2,1H3,(H,13,14);2*1H. The molecule has 3 N–H and O–H groups in total. The summed E-state index contributed by atoms with van der Waals surface area (Å²) in [6.07, 6.45) is 3.86. The van der Waals surface area contributed by atoms with Crippen molar-refractivity contribution in [1.29, 1.82) is 0 Å². The number of amides is 1. The molecule has 0 spiro atoms. The minimum Gasteiger partial charge on any atom is -0.347 e. The molecule has 17 heavy (non-hydrogen) atoms. The number of hydrogen-bond acceptors (Lipinski definition) is 4. The number of carbonyl (C=O) groups is 1. The lowest BCUT2D eigenvalue weighted by molar-refractivity contribution is -0.121. The van der Waals surface area contributed by atoms with E-state index in [0.29, 0.717) is 13.0 Å². The number of rotatable bonds is 6.